The maximum absolute atomic E-state index is 14.9. The largest absolute Gasteiger partial charge is 0.508 e. The molecule has 0 radical (unpaired) electrons. The summed E-state index contributed by atoms with van der Waals surface area (Å²) in [5, 5.41) is 15.9. The van der Waals surface area contributed by atoms with Crippen molar-refractivity contribution in [3.63, 3.8) is 0 Å². The Morgan fingerprint density at radius 1 is 0.634 bits per heavy atom. The van der Waals surface area contributed by atoms with Crippen molar-refractivity contribution in [2.24, 2.45) is 5.41 Å². The van der Waals surface area contributed by atoms with E-state index in [1.807, 2.05) is 30.3 Å². The highest BCUT2D eigenvalue weighted by molar-refractivity contribution is 6.38. The number of aromatic hydroxyl groups is 1. The number of fused-ring (bicyclic) bond motifs is 3. The summed E-state index contributed by atoms with van der Waals surface area (Å²) in [5.74, 6) is -4.96. The molecule has 1 saturated heterocycles. The number of phenolic OH excluding ortho intramolecular Hbond substituents is 1. The molecule has 3 N–H and O–H groups in total. The number of carbonyl (C=O) groups excluding carboxylic acids is 9. The number of carbonyl (C=O) groups is 9. The third-order valence-corrected chi connectivity index (χ3v) is 16.5. The molecule has 1 fully saturated rings. The van der Waals surface area contributed by atoms with Crippen molar-refractivity contribution >= 4 is 53.2 Å². The number of aryl methyl sites for hydroxylation is 1. The lowest BCUT2D eigenvalue weighted by atomic mass is 9.87. The lowest BCUT2D eigenvalue weighted by Gasteiger charge is -2.36. The quantitative estimate of drug-likeness (QED) is 0.0865. The molecule has 22 heteroatoms. The summed E-state index contributed by atoms with van der Waals surface area (Å²) in [6, 6.07) is 29.6. The van der Waals surface area contributed by atoms with Gasteiger partial charge in [-0.2, -0.15) is 0 Å². The highest BCUT2D eigenvalue weighted by Gasteiger charge is 2.43. The van der Waals surface area contributed by atoms with Gasteiger partial charge in [0.1, 0.15) is 48.4 Å². The van der Waals surface area contributed by atoms with Gasteiger partial charge in [0.15, 0.2) is 18.1 Å². The summed E-state index contributed by atoms with van der Waals surface area (Å²) >= 11 is 0. The number of hydrogen-bond donors (Lipinski definition) is 3. The van der Waals surface area contributed by atoms with E-state index in [1.54, 1.807) is 92.0 Å². The van der Waals surface area contributed by atoms with Crippen molar-refractivity contribution in [3.8, 4) is 28.7 Å². The number of rotatable bonds is 12. The Hall–Kier alpha value is -9.73. The molecule has 5 atom stereocenters. The van der Waals surface area contributed by atoms with Crippen LogP contribution in [0.15, 0.2) is 133 Å². The fourth-order valence-corrected chi connectivity index (χ4v) is 11.1. The van der Waals surface area contributed by atoms with E-state index in [1.165, 1.54) is 87.1 Å². The van der Waals surface area contributed by atoms with Crippen LogP contribution in [0.5, 0.6) is 28.7 Å². The smallest absolute Gasteiger partial charge is 0.330 e. The fraction of sp³-hybridized carbons (Fsp3) is 0.423. The first-order chi connectivity index (χ1) is 44.6. The zero-order chi connectivity index (χ0) is 67.2. The van der Waals surface area contributed by atoms with Crippen LogP contribution in [0.3, 0.4) is 0 Å². The molecular weight excluding hydrogens is 1190 g/mol. The lowest BCUT2D eigenvalue weighted by Crippen LogP contribution is -2.57. The van der Waals surface area contributed by atoms with Gasteiger partial charge < -0.3 is 63.8 Å². The number of amides is 6. The minimum absolute atomic E-state index is 0.00591. The number of piperidine rings is 1. The first-order valence-corrected chi connectivity index (χ1v) is 31.2. The van der Waals surface area contributed by atoms with E-state index in [9.17, 15) is 48.3 Å². The van der Waals surface area contributed by atoms with Crippen LogP contribution in [-0.2, 0) is 78.3 Å². The molecule has 5 aromatic carbocycles. The zero-order valence-corrected chi connectivity index (χ0v) is 54.3. The van der Waals surface area contributed by atoms with Gasteiger partial charge in [-0.25, -0.2) is 9.59 Å². The predicted molar refractivity (Wildman–Crippen MR) is 345 cm³/mol. The Labute approximate surface area is 543 Å². The number of esters is 2. The second-order valence-electron chi connectivity index (χ2n) is 24.0. The van der Waals surface area contributed by atoms with E-state index in [4.69, 9.17) is 28.4 Å². The molecule has 2 bridgehead atoms. The van der Waals surface area contributed by atoms with Crippen LogP contribution >= 0.6 is 0 Å². The second kappa shape index (κ2) is 34.1. The van der Waals surface area contributed by atoms with Gasteiger partial charge in [0, 0.05) is 59.6 Å². The molecule has 0 saturated carbocycles. The highest BCUT2D eigenvalue weighted by Crippen LogP contribution is 2.39. The molecule has 496 valence electrons. The number of hydrogen-bond acceptors (Lipinski definition) is 16. The SMILES string of the molecule is COc1cc(CC[C@H]2OC(=O)[C@@H]3CCCCN3C(=O)C(=O)C(C)(C)COC(=O)/C=C/CCCCN(C)C(=O)[C@@H](Cc3ccccc3)NC(=O)CN(C)C(=O)[C@@H](Cc3ccccc3)NC(=O)[C@H](Cc3ccc(O)cc3)N(C)C(=O)COc3cccc2c3)cc(OC)c1OC. The molecule has 5 aromatic rings. The zero-order valence-electron chi connectivity index (χ0n) is 54.3. The van der Waals surface area contributed by atoms with Gasteiger partial charge in [-0.3, -0.25) is 33.6 Å². The van der Waals surface area contributed by atoms with E-state index in [-0.39, 0.29) is 56.1 Å². The normalized spacial score (nSPS) is 21.3. The van der Waals surface area contributed by atoms with Crippen molar-refractivity contribution < 1.29 is 76.7 Å². The molecule has 0 unspecified atom stereocenters. The number of Topliss-reactive ketones (excluding diaryl/α,β-unsaturated/α-hetero) is 1. The molecule has 22 nitrogen and oxygen atoms in total. The Morgan fingerprint density at radius 3 is 1.88 bits per heavy atom. The number of ether oxygens (including phenoxy) is 6. The van der Waals surface area contributed by atoms with Crippen LogP contribution in [-0.4, -0.2) is 177 Å². The molecule has 7 rings (SSSR count). The predicted octanol–water partition coefficient (Wildman–Crippen LogP) is 6.72. The third kappa shape index (κ3) is 20.1. The van der Waals surface area contributed by atoms with Crippen LogP contribution < -0.4 is 29.6 Å². The number of benzene rings is 5. The first kappa shape index (κ1) is 70.7. The molecular formula is C71H86N6O16. The van der Waals surface area contributed by atoms with Gasteiger partial charge in [0.2, 0.25) is 35.2 Å². The number of nitrogens with zero attached hydrogens (tertiary/aromatic N) is 4. The number of phenols is 1. The van der Waals surface area contributed by atoms with Crippen LogP contribution in [0.25, 0.3) is 0 Å². The average molecular weight is 1280 g/mol. The number of cyclic esters (lactones) is 2. The summed E-state index contributed by atoms with van der Waals surface area (Å²) in [6.07, 6.45) is 5.14. The number of allylic oxidation sites excluding steroid dienone is 1. The van der Waals surface area contributed by atoms with E-state index in [2.05, 4.69) is 10.6 Å². The molecule has 6 amide bonds. The lowest BCUT2D eigenvalue weighted by molar-refractivity contribution is -0.165. The fourth-order valence-electron chi connectivity index (χ4n) is 11.1. The Balaban J connectivity index is 1.21. The van der Waals surface area contributed by atoms with E-state index in [0.29, 0.717) is 79.0 Å². The number of methoxy groups -OCH3 is 3. The third-order valence-electron chi connectivity index (χ3n) is 16.5. The topological polar surface area (TPSA) is 266 Å². The molecule has 93 heavy (non-hydrogen) atoms. The summed E-state index contributed by atoms with van der Waals surface area (Å²) in [6.45, 7) is 1.83. The standard InChI is InChI=1S/C71H86N6O16/c1-71(2)46-92-63(81)29-17-9-10-19-36-74(3)67(84)54(38-47-22-13-11-14-23-47)72-61(79)44-75(4)68(85)55(39-48-24-15-12-16-25-48)73-66(83)57(40-49-30-33-52(78)34-31-49)76(5)62(80)45-91-53-27-21-26-51(43-53)58(35-32-50-41-59(88-6)64(90-8)60(42-50)89-7)93-70(87)56-28-18-20-37-77(56)69(86)65(71)82/h11-17,21-27,29-31,33-34,41-43,54-58,78H,9-10,18-20,28,32,35-40,44-46H2,1-8H3,(H,72,79)(H,73,83)/b29-17+/t54-,55-,56+,57+,58-/m1/s1. The number of nitrogens with one attached hydrogen (secondary N) is 2. The highest BCUT2D eigenvalue weighted by atomic mass is 16.6. The Morgan fingerprint density at radius 2 is 1.25 bits per heavy atom. The van der Waals surface area contributed by atoms with Gasteiger partial charge in [-0.1, -0.05) is 91.0 Å². The first-order valence-electron chi connectivity index (χ1n) is 31.2. The molecule has 2 aliphatic heterocycles. The maximum atomic E-state index is 14.9. The van der Waals surface area contributed by atoms with Gasteiger partial charge in [-0.15, -0.1) is 0 Å². The molecule has 0 aromatic heterocycles. The second-order valence-corrected chi connectivity index (χ2v) is 24.0. The summed E-state index contributed by atoms with van der Waals surface area (Å²) < 4.78 is 34.9. The van der Waals surface area contributed by atoms with Crippen molar-refractivity contribution in [3.05, 3.63) is 161 Å². The van der Waals surface area contributed by atoms with Gasteiger partial charge >= 0.3 is 11.9 Å². The van der Waals surface area contributed by atoms with E-state index < -0.39 is 103 Å². The summed E-state index contributed by atoms with van der Waals surface area (Å²) in [7, 11) is 8.95. The Bertz CT molecular complexity index is 3410. The van der Waals surface area contributed by atoms with Crippen LogP contribution in [0.2, 0.25) is 0 Å². The van der Waals surface area contributed by atoms with Crippen LogP contribution in [0, 0.1) is 5.41 Å². The average Bonchev–Trinajstić information content (AvgIpc) is 0.868. The van der Waals surface area contributed by atoms with Gasteiger partial charge in [0.25, 0.3) is 11.8 Å². The van der Waals surface area contributed by atoms with Crippen molar-refractivity contribution in [2.45, 2.75) is 115 Å². The maximum Gasteiger partial charge on any atom is 0.330 e. The minimum atomic E-state index is -1.49. The summed E-state index contributed by atoms with van der Waals surface area (Å²) in [4.78, 5) is 133. The van der Waals surface area contributed by atoms with Crippen molar-refractivity contribution in [1.82, 2.24) is 30.2 Å². The number of ketones is 1. The van der Waals surface area contributed by atoms with Gasteiger partial charge in [0.05, 0.1) is 33.3 Å². The van der Waals surface area contributed by atoms with E-state index >= 15 is 0 Å². The van der Waals surface area contributed by atoms with Crippen molar-refractivity contribution in [1.29, 1.82) is 0 Å². The van der Waals surface area contributed by atoms with E-state index in [0.717, 1.165) is 11.1 Å². The summed E-state index contributed by atoms with van der Waals surface area (Å²) in [5.41, 5.74) is 1.72. The Kier molecular flexibility index (Phi) is 25.9. The van der Waals surface area contributed by atoms with Crippen LogP contribution in [0.1, 0.15) is 92.7 Å². The van der Waals surface area contributed by atoms with Gasteiger partial charge in [-0.05, 0) is 129 Å². The van der Waals surface area contributed by atoms with Crippen LogP contribution in [0.4, 0.5) is 0 Å². The monoisotopic (exact) mass is 1280 g/mol. The minimum Gasteiger partial charge on any atom is -0.508 e. The van der Waals surface area contributed by atoms with Crippen molar-refractivity contribution in [2.75, 3.05) is 75.3 Å². The molecule has 2 aliphatic rings. The molecule has 0 spiro atoms. The number of likely N-dealkylation sites (N-methyl/N-ethyl adjacent to an activating group) is 3. The molecule has 0 aliphatic carbocycles. The molecule has 2 heterocycles.